The molecule has 0 aromatic carbocycles. The highest BCUT2D eigenvalue weighted by Crippen LogP contribution is 2.22. The first kappa shape index (κ1) is 12.0. The lowest BCUT2D eigenvalue weighted by Crippen LogP contribution is -2.52. The standard InChI is InChI=1S/C15H17BN3/c1-12-10-13-11-17-8-7-14(13)16(2)19(12)15-6-4-5-9-18(15)3/h4-11H,1-3H3/q+1. The Morgan fingerprint density at radius 3 is 2.89 bits per heavy atom. The van der Waals surface area contributed by atoms with Crippen LogP contribution in [0.25, 0.3) is 6.08 Å². The van der Waals surface area contributed by atoms with E-state index in [1.807, 2.05) is 12.4 Å². The Hall–Kier alpha value is -2.10. The average molecular weight is 250 g/mol. The minimum Gasteiger partial charge on any atom is -0.290 e. The van der Waals surface area contributed by atoms with Crippen molar-refractivity contribution in [1.29, 1.82) is 0 Å². The molecule has 0 aliphatic carbocycles. The van der Waals surface area contributed by atoms with Gasteiger partial charge in [0.1, 0.15) is 0 Å². The van der Waals surface area contributed by atoms with Gasteiger partial charge in [0.15, 0.2) is 0 Å². The summed E-state index contributed by atoms with van der Waals surface area (Å²) in [5, 5.41) is 0. The third kappa shape index (κ3) is 1.93. The number of aryl methyl sites for hydroxylation is 1. The molecule has 1 aliphatic rings. The Labute approximate surface area is 114 Å². The lowest BCUT2D eigenvalue weighted by Gasteiger charge is -2.28. The number of fused-ring (bicyclic) bond motifs is 1. The molecule has 0 saturated carbocycles. The van der Waals surface area contributed by atoms with E-state index in [1.54, 1.807) is 0 Å². The molecular weight excluding hydrogens is 233 g/mol. The van der Waals surface area contributed by atoms with E-state index in [9.17, 15) is 0 Å². The van der Waals surface area contributed by atoms with E-state index < -0.39 is 0 Å². The quantitative estimate of drug-likeness (QED) is 0.566. The molecule has 3 heterocycles. The van der Waals surface area contributed by atoms with Gasteiger partial charge in [0.25, 0.3) is 5.82 Å². The van der Waals surface area contributed by atoms with Crippen LogP contribution in [-0.2, 0) is 7.05 Å². The van der Waals surface area contributed by atoms with E-state index in [-0.39, 0.29) is 0 Å². The maximum Gasteiger partial charge on any atom is 0.409 e. The number of rotatable bonds is 1. The second kappa shape index (κ2) is 4.54. The Morgan fingerprint density at radius 1 is 1.26 bits per heavy atom. The Balaban J connectivity index is 2.13. The van der Waals surface area contributed by atoms with Crippen LogP contribution >= 0.6 is 0 Å². The van der Waals surface area contributed by atoms with Crippen molar-refractivity contribution < 1.29 is 4.57 Å². The molecular formula is C15H17BN3+. The van der Waals surface area contributed by atoms with E-state index in [0.29, 0.717) is 6.85 Å². The molecule has 0 unspecified atom stereocenters. The largest absolute Gasteiger partial charge is 0.409 e. The van der Waals surface area contributed by atoms with E-state index >= 15 is 0 Å². The fourth-order valence-electron chi connectivity index (χ4n) is 2.80. The monoisotopic (exact) mass is 250 g/mol. The van der Waals surface area contributed by atoms with Crippen LogP contribution < -0.4 is 14.8 Å². The number of nitrogens with zero attached hydrogens (tertiary/aromatic N) is 3. The van der Waals surface area contributed by atoms with Crippen LogP contribution in [0.1, 0.15) is 12.5 Å². The summed E-state index contributed by atoms with van der Waals surface area (Å²) < 4.78 is 2.15. The van der Waals surface area contributed by atoms with E-state index in [0.717, 1.165) is 0 Å². The Kier molecular flexibility index (Phi) is 2.86. The van der Waals surface area contributed by atoms with Gasteiger partial charge in [0.05, 0.1) is 18.9 Å². The molecule has 0 spiro atoms. The summed E-state index contributed by atoms with van der Waals surface area (Å²) in [6.45, 7) is 4.71. The van der Waals surface area contributed by atoms with Crippen molar-refractivity contribution in [3.8, 4) is 0 Å². The summed E-state index contributed by atoms with van der Waals surface area (Å²) in [7, 11) is 2.08. The van der Waals surface area contributed by atoms with Gasteiger partial charge < -0.3 is 0 Å². The van der Waals surface area contributed by atoms with Crippen LogP contribution in [0.15, 0.2) is 48.6 Å². The molecule has 2 aromatic heterocycles. The van der Waals surface area contributed by atoms with Crippen LogP contribution in [0.3, 0.4) is 0 Å². The fourth-order valence-corrected chi connectivity index (χ4v) is 2.80. The highest BCUT2D eigenvalue weighted by atomic mass is 15.2. The van der Waals surface area contributed by atoms with Gasteiger partial charge in [0, 0.05) is 18.5 Å². The molecule has 0 amide bonds. The topological polar surface area (TPSA) is 20.0 Å². The number of pyridine rings is 2. The smallest absolute Gasteiger partial charge is 0.290 e. The van der Waals surface area contributed by atoms with Crippen molar-refractivity contribution in [2.45, 2.75) is 13.7 Å². The Bertz CT molecular complexity index is 651. The minimum absolute atomic E-state index is 0.316. The molecule has 3 nitrogen and oxygen atoms in total. The van der Waals surface area contributed by atoms with Crippen molar-refractivity contribution >= 4 is 24.2 Å². The maximum atomic E-state index is 4.21. The number of allylic oxidation sites excluding steroid dienone is 1. The average Bonchev–Trinajstić information content (AvgIpc) is 2.41. The summed E-state index contributed by atoms with van der Waals surface area (Å²) >= 11 is 0. The molecule has 0 atom stereocenters. The lowest BCUT2D eigenvalue weighted by molar-refractivity contribution is -0.658. The van der Waals surface area contributed by atoms with Crippen LogP contribution in [-0.4, -0.2) is 11.8 Å². The third-order valence-corrected chi connectivity index (χ3v) is 3.74. The van der Waals surface area contributed by atoms with Crippen LogP contribution in [0.4, 0.5) is 5.82 Å². The number of anilines is 1. The molecule has 2 aromatic rings. The summed E-state index contributed by atoms with van der Waals surface area (Å²) in [4.78, 5) is 6.58. The molecule has 0 fully saturated rings. The highest BCUT2D eigenvalue weighted by Gasteiger charge is 2.36. The molecule has 3 rings (SSSR count). The number of hydrogen-bond acceptors (Lipinski definition) is 2. The van der Waals surface area contributed by atoms with Gasteiger partial charge in [-0.05, 0) is 43.0 Å². The third-order valence-electron chi connectivity index (χ3n) is 3.74. The van der Waals surface area contributed by atoms with Crippen LogP contribution in [0.2, 0.25) is 6.82 Å². The van der Waals surface area contributed by atoms with Gasteiger partial charge in [-0.15, -0.1) is 0 Å². The molecule has 19 heavy (non-hydrogen) atoms. The summed E-state index contributed by atoms with van der Waals surface area (Å²) in [6, 6.07) is 8.39. The van der Waals surface area contributed by atoms with Gasteiger partial charge >= 0.3 is 6.85 Å². The first-order chi connectivity index (χ1) is 9.18. The zero-order valence-corrected chi connectivity index (χ0v) is 11.5. The summed E-state index contributed by atoms with van der Waals surface area (Å²) in [6.07, 6.45) is 8.09. The molecule has 4 heteroatoms. The van der Waals surface area contributed by atoms with Crippen molar-refractivity contribution in [2.24, 2.45) is 7.05 Å². The second-order valence-corrected chi connectivity index (χ2v) is 5.01. The van der Waals surface area contributed by atoms with Crippen molar-refractivity contribution in [3.63, 3.8) is 0 Å². The fraction of sp³-hybridized carbons (Fsp3) is 0.200. The molecule has 94 valence electrons. The maximum absolute atomic E-state index is 4.21. The minimum atomic E-state index is 0.316. The molecule has 1 aliphatic heterocycles. The molecule has 0 saturated heterocycles. The lowest BCUT2D eigenvalue weighted by atomic mass is 9.53. The van der Waals surface area contributed by atoms with Gasteiger partial charge in [-0.1, -0.05) is 6.07 Å². The highest BCUT2D eigenvalue weighted by molar-refractivity contribution is 6.77. The summed E-state index contributed by atoms with van der Waals surface area (Å²) in [5.41, 5.74) is 3.79. The second-order valence-electron chi connectivity index (χ2n) is 5.01. The van der Waals surface area contributed by atoms with Crippen molar-refractivity contribution in [2.75, 3.05) is 4.81 Å². The van der Waals surface area contributed by atoms with Gasteiger partial charge in [-0.25, -0.2) is 4.57 Å². The molecule has 0 N–H and O–H groups in total. The van der Waals surface area contributed by atoms with E-state index in [2.05, 4.69) is 71.7 Å². The summed E-state index contributed by atoms with van der Waals surface area (Å²) in [5.74, 6) is 1.20. The van der Waals surface area contributed by atoms with Gasteiger partial charge in [-0.2, -0.15) is 0 Å². The van der Waals surface area contributed by atoms with Crippen LogP contribution in [0.5, 0.6) is 0 Å². The number of aromatic nitrogens is 2. The predicted octanol–water partition coefficient (Wildman–Crippen LogP) is 1.62. The van der Waals surface area contributed by atoms with Crippen molar-refractivity contribution in [3.05, 3.63) is 54.1 Å². The zero-order chi connectivity index (χ0) is 13.4. The first-order valence-corrected chi connectivity index (χ1v) is 6.54. The predicted molar refractivity (Wildman–Crippen MR) is 79.2 cm³/mol. The zero-order valence-electron chi connectivity index (χ0n) is 11.5. The SMILES string of the molecule is CB1c2ccncc2C=C(C)N1c1cccc[n+]1C. The molecule has 0 bridgehead atoms. The van der Waals surface area contributed by atoms with E-state index in [1.165, 1.54) is 22.5 Å². The van der Waals surface area contributed by atoms with E-state index in [4.69, 9.17) is 0 Å². The number of hydrogen-bond donors (Lipinski definition) is 0. The normalized spacial score (nSPS) is 14.2. The van der Waals surface area contributed by atoms with Gasteiger partial charge in [0.2, 0.25) is 0 Å². The molecule has 0 radical (unpaired) electrons. The van der Waals surface area contributed by atoms with Crippen molar-refractivity contribution in [1.82, 2.24) is 4.98 Å². The Morgan fingerprint density at radius 2 is 2.11 bits per heavy atom. The van der Waals surface area contributed by atoms with Gasteiger partial charge in [-0.3, -0.25) is 9.79 Å². The van der Waals surface area contributed by atoms with Crippen LogP contribution in [0, 0.1) is 0 Å². The first-order valence-electron chi connectivity index (χ1n) is 6.54.